The topological polar surface area (TPSA) is 50.4 Å². The van der Waals surface area contributed by atoms with E-state index in [0.717, 1.165) is 31.8 Å². The van der Waals surface area contributed by atoms with Gasteiger partial charge in [-0.25, -0.2) is 0 Å². The van der Waals surface area contributed by atoms with E-state index in [2.05, 4.69) is 10.6 Å². The summed E-state index contributed by atoms with van der Waals surface area (Å²) in [6.45, 7) is 1.30. The molecule has 0 bridgehead atoms. The number of nitrogens with one attached hydrogen (secondary N) is 2. The number of carbonyl (C=O) groups is 1. The molecular weight excluding hydrogens is 204 g/mol. The lowest BCUT2D eigenvalue weighted by atomic mass is 10.1. The van der Waals surface area contributed by atoms with Crippen LogP contribution in [0.15, 0.2) is 0 Å². The minimum atomic E-state index is 0.143. The minimum absolute atomic E-state index is 0.143. The van der Waals surface area contributed by atoms with Gasteiger partial charge in [-0.05, 0) is 38.0 Å². The molecule has 2 N–H and O–H groups in total. The first-order chi connectivity index (χ1) is 7.83. The molecule has 4 nitrogen and oxygen atoms in total. The standard InChI is InChI=1S/C12H20N2O2/c15-11(14-9-3-4-9)7-13-10-5-6-16-12(10)8-1-2-8/h8-10,12-13H,1-7H2,(H,14,15). The molecule has 2 aliphatic carbocycles. The van der Waals surface area contributed by atoms with E-state index in [1.54, 1.807) is 0 Å². The average Bonchev–Trinajstić information content (AvgIpc) is 3.18. The molecule has 0 spiro atoms. The molecule has 1 saturated heterocycles. The van der Waals surface area contributed by atoms with Gasteiger partial charge in [0.05, 0.1) is 12.6 Å². The van der Waals surface area contributed by atoms with Crippen LogP contribution in [0.2, 0.25) is 0 Å². The Labute approximate surface area is 96.1 Å². The highest BCUT2D eigenvalue weighted by atomic mass is 16.5. The van der Waals surface area contributed by atoms with E-state index in [9.17, 15) is 4.79 Å². The zero-order valence-corrected chi connectivity index (χ0v) is 9.58. The Hall–Kier alpha value is -0.610. The summed E-state index contributed by atoms with van der Waals surface area (Å²) in [5.74, 6) is 0.899. The first kappa shape index (κ1) is 10.5. The van der Waals surface area contributed by atoms with Crippen molar-refractivity contribution in [2.75, 3.05) is 13.2 Å². The Kier molecular flexibility index (Phi) is 2.86. The first-order valence-electron chi connectivity index (χ1n) is 6.47. The highest BCUT2D eigenvalue weighted by Crippen LogP contribution is 2.38. The van der Waals surface area contributed by atoms with E-state index in [-0.39, 0.29) is 5.91 Å². The number of rotatable bonds is 5. The highest BCUT2D eigenvalue weighted by Gasteiger charge is 2.40. The van der Waals surface area contributed by atoms with Crippen molar-refractivity contribution in [1.29, 1.82) is 0 Å². The number of hydrogen-bond acceptors (Lipinski definition) is 3. The van der Waals surface area contributed by atoms with Crippen LogP contribution >= 0.6 is 0 Å². The van der Waals surface area contributed by atoms with Crippen LogP contribution in [0.4, 0.5) is 0 Å². The monoisotopic (exact) mass is 224 g/mol. The molecule has 2 atom stereocenters. The van der Waals surface area contributed by atoms with Gasteiger partial charge in [0, 0.05) is 18.7 Å². The molecule has 3 fully saturated rings. The maximum Gasteiger partial charge on any atom is 0.234 e. The lowest BCUT2D eigenvalue weighted by Crippen LogP contribution is -2.43. The van der Waals surface area contributed by atoms with Crippen LogP contribution < -0.4 is 10.6 Å². The van der Waals surface area contributed by atoms with Gasteiger partial charge in [-0.15, -0.1) is 0 Å². The molecule has 3 rings (SSSR count). The third-order valence-corrected chi connectivity index (χ3v) is 3.69. The summed E-state index contributed by atoms with van der Waals surface area (Å²) in [5, 5.41) is 6.34. The van der Waals surface area contributed by atoms with E-state index in [1.165, 1.54) is 12.8 Å². The fraction of sp³-hybridized carbons (Fsp3) is 0.917. The van der Waals surface area contributed by atoms with Crippen LogP contribution in [0, 0.1) is 5.92 Å². The molecule has 0 aromatic heterocycles. The van der Waals surface area contributed by atoms with Crippen molar-refractivity contribution in [3.8, 4) is 0 Å². The smallest absolute Gasteiger partial charge is 0.234 e. The molecule has 0 radical (unpaired) electrons. The fourth-order valence-electron chi connectivity index (χ4n) is 2.45. The lowest BCUT2D eigenvalue weighted by molar-refractivity contribution is -0.120. The maximum atomic E-state index is 11.5. The molecule has 2 unspecified atom stereocenters. The Morgan fingerprint density at radius 1 is 1.19 bits per heavy atom. The minimum Gasteiger partial charge on any atom is -0.376 e. The quantitative estimate of drug-likeness (QED) is 0.711. The van der Waals surface area contributed by atoms with Crippen molar-refractivity contribution < 1.29 is 9.53 Å². The zero-order valence-electron chi connectivity index (χ0n) is 9.58. The number of ether oxygens (including phenoxy) is 1. The Balaban J connectivity index is 1.41. The summed E-state index contributed by atoms with van der Waals surface area (Å²) in [5.41, 5.74) is 0. The Morgan fingerprint density at radius 3 is 2.69 bits per heavy atom. The summed E-state index contributed by atoms with van der Waals surface area (Å²) >= 11 is 0. The second-order valence-corrected chi connectivity index (χ2v) is 5.29. The van der Waals surface area contributed by atoms with Crippen molar-refractivity contribution in [2.24, 2.45) is 5.92 Å². The second kappa shape index (κ2) is 4.34. The van der Waals surface area contributed by atoms with Crippen LogP contribution in [0.3, 0.4) is 0 Å². The fourth-order valence-corrected chi connectivity index (χ4v) is 2.45. The van der Waals surface area contributed by atoms with Gasteiger partial charge < -0.3 is 15.4 Å². The number of amides is 1. The molecular formula is C12H20N2O2. The van der Waals surface area contributed by atoms with Crippen molar-refractivity contribution in [1.82, 2.24) is 10.6 Å². The van der Waals surface area contributed by atoms with Crippen LogP contribution in [0.1, 0.15) is 32.1 Å². The van der Waals surface area contributed by atoms with Gasteiger partial charge >= 0.3 is 0 Å². The largest absolute Gasteiger partial charge is 0.376 e. The maximum absolute atomic E-state index is 11.5. The van der Waals surface area contributed by atoms with Gasteiger partial charge in [-0.2, -0.15) is 0 Å². The molecule has 4 heteroatoms. The van der Waals surface area contributed by atoms with Crippen LogP contribution in [-0.2, 0) is 9.53 Å². The molecule has 2 saturated carbocycles. The molecule has 1 aliphatic heterocycles. The summed E-state index contributed by atoms with van der Waals surface area (Å²) in [6, 6.07) is 0.866. The van der Waals surface area contributed by atoms with E-state index in [0.29, 0.717) is 24.7 Å². The Morgan fingerprint density at radius 2 is 2.00 bits per heavy atom. The second-order valence-electron chi connectivity index (χ2n) is 5.29. The van der Waals surface area contributed by atoms with Crippen LogP contribution in [0.25, 0.3) is 0 Å². The van der Waals surface area contributed by atoms with Gasteiger partial charge in [0.1, 0.15) is 0 Å². The van der Waals surface area contributed by atoms with E-state index >= 15 is 0 Å². The van der Waals surface area contributed by atoms with E-state index in [4.69, 9.17) is 4.74 Å². The summed E-state index contributed by atoms with van der Waals surface area (Å²) < 4.78 is 5.72. The van der Waals surface area contributed by atoms with Crippen molar-refractivity contribution >= 4 is 5.91 Å². The molecule has 3 aliphatic rings. The summed E-state index contributed by atoms with van der Waals surface area (Å²) in [6.07, 6.45) is 6.34. The Bertz CT molecular complexity index is 274. The molecule has 1 heterocycles. The first-order valence-corrected chi connectivity index (χ1v) is 6.47. The van der Waals surface area contributed by atoms with Gasteiger partial charge in [-0.1, -0.05) is 0 Å². The lowest BCUT2D eigenvalue weighted by Gasteiger charge is -2.19. The van der Waals surface area contributed by atoms with Crippen molar-refractivity contribution in [3.05, 3.63) is 0 Å². The van der Waals surface area contributed by atoms with Gasteiger partial charge in [0.2, 0.25) is 5.91 Å². The van der Waals surface area contributed by atoms with Gasteiger partial charge in [0.25, 0.3) is 0 Å². The normalized spacial score (nSPS) is 34.0. The molecule has 1 amide bonds. The molecule has 0 aromatic carbocycles. The number of carbonyl (C=O) groups excluding carboxylic acids is 1. The summed E-state index contributed by atoms with van der Waals surface area (Å²) in [7, 11) is 0. The average molecular weight is 224 g/mol. The predicted molar refractivity (Wildman–Crippen MR) is 60.0 cm³/mol. The molecule has 0 aromatic rings. The molecule has 90 valence electrons. The zero-order chi connectivity index (χ0) is 11.0. The third-order valence-electron chi connectivity index (χ3n) is 3.69. The molecule has 16 heavy (non-hydrogen) atoms. The van der Waals surface area contributed by atoms with E-state index in [1.807, 2.05) is 0 Å². The van der Waals surface area contributed by atoms with Crippen molar-refractivity contribution in [2.45, 2.75) is 50.3 Å². The highest BCUT2D eigenvalue weighted by molar-refractivity contribution is 5.78. The van der Waals surface area contributed by atoms with Gasteiger partial charge in [0.15, 0.2) is 0 Å². The van der Waals surface area contributed by atoms with E-state index < -0.39 is 0 Å². The SMILES string of the molecule is O=C(CNC1CCOC1C1CC1)NC1CC1. The number of hydrogen-bond donors (Lipinski definition) is 2. The third kappa shape index (κ3) is 2.55. The van der Waals surface area contributed by atoms with Crippen LogP contribution in [0.5, 0.6) is 0 Å². The van der Waals surface area contributed by atoms with Gasteiger partial charge in [-0.3, -0.25) is 4.79 Å². The van der Waals surface area contributed by atoms with Crippen LogP contribution in [-0.4, -0.2) is 37.2 Å². The summed E-state index contributed by atoms with van der Waals surface area (Å²) in [4.78, 5) is 11.5. The predicted octanol–water partition coefficient (Wildman–Crippen LogP) is 0.422. The van der Waals surface area contributed by atoms with Crippen molar-refractivity contribution in [3.63, 3.8) is 0 Å².